The molecule has 1 aromatic heterocycles. The number of carbonyl (C=O) groups is 2. The number of primary amides is 1. The Morgan fingerprint density at radius 1 is 1.25 bits per heavy atom. The Morgan fingerprint density at radius 2 is 2.00 bits per heavy atom. The van der Waals surface area contributed by atoms with E-state index in [2.05, 4.69) is 36.4 Å². The van der Waals surface area contributed by atoms with Crippen LogP contribution in [-0.4, -0.2) is 39.6 Å². The second-order valence-corrected chi connectivity index (χ2v) is 8.44. The minimum atomic E-state index is -0.335. The van der Waals surface area contributed by atoms with Crippen molar-refractivity contribution in [2.24, 2.45) is 11.7 Å². The lowest BCUT2D eigenvalue weighted by molar-refractivity contribution is -0.123. The highest BCUT2D eigenvalue weighted by atomic mass is 16.2. The summed E-state index contributed by atoms with van der Waals surface area (Å²) in [7, 11) is 0. The van der Waals surface area contributed by atoms with Crippen LogP contribution in [0.4, 0.5) is 5.82 Å². The van der Waals surface area contributed by atoms with Crippen molar-refractivity contribution in [3.05, 3.63) is 47.7 Å². The summed E-state index contributed by atoms with van der Waals surface area (Å²) < 4.78 is 1.91. The fourth-order valence-electron chi connectivity index (χ4n) is 4.36. The minimum absolute atomic E-state index is 0.0933. The van der Waals surface area contributed by atoms with Crippen molar-refractivity contribution in [1.29, 1.82) is 0 Å². The number of nitrogens with one attached hydrogen (secondary N) is 1. The molecule has 0 radical (unpaired) electrons. The molecule has 1 saturated heterocycles. The third-order valence-corrected chi connectivity index (χ3v) is 5.90. The summed E-state index contributed by atoms with van der Waals surface area (Å²) in [6.07, 6.45) is 4.04. The van der Waals surface area contributed by atoms with Gasteiger partial charge in [0.05, 0.1) is 23.7 Å². The molecular weight excluding hydrogens is 354 g/mol. The Labute approximate surface area is 164 Å². The molecule has 28 heavy (non-hydrogen) atoms. The topological polar surface area (TPSA) is 93.2 Å². The maximum absolute atomic E-state index is 13.2. The lowest BCUT2D eigenvalue weighted by Crippen LogP contribution is -2.44. The highest BCUT2D eigenvalue weighted by molar-refractivity contribution is 5.99. The number of anilines is 1. The highest BCUT2D eigenvalue weighted by Gasteiger charge is 2.38. The van der Waals surface area contributed by atoms with Crippen LogP contribution in [0.2, 0.25) is 0 Å². The molecule has 148 valence electrons. The molecule has 0 saturated carbocycles. The number of rotatable bonds is 3. The average molecular weight is 381 g/mol. The normalized spacial score (nSPS) is 23.6. The first-order valence-electron chi connectivity index (χ1n) is 9.85. The quantitative estimate of drug-likeness (QED) is 0.854. The first kappa shape index (κ1) is 18.5. The lowest BCUT2D eigenvalue weighted by Gasteiger charge is -2.39. The van der Waals surface area contributed by atoms with Crippen molar-refractivity contribution in [2.75, 3.05) is 18.4 Å². The fraction of sp³-hybridized carbons (Fsp3) is 0.476. The van der Waals surface area contributed by atoms with Crippen molar-refractivity contribution in [1.82, 2.24) is 14.7 Å². The molecular formula is C21H27N5O2. The van der Waals surface area contributed by atoms with E-state index < -0.39 is 0 Å². The van der Waals surface area contributed by atoms with Gasteiger partial charge in [0.2, 0.25) is 5.91 Å². The summed E-state index contributed by atoms with van der Waals surface area (Å²) >= 11 is 0. The first-order chi connectivity index (χ1) is 13.4. The molecule has 1 aromatic carbocycles. The van der Waals surface area contributed by atoms with Crippen LogP contribution in [0.1, 0.15) is 55.1 Å². The zero-order valence-electron chi connectivity index (χ0n) is 16.4. The van der Waals surface area contributed by atoms with E-state index in [0.29, 0.717) is 18.7 Å². The van der Waals surface area contributed by atoms with Gasteiger partial charge in [0.25, 0.3) is 5.91 Å². The van der Waals surface area contributed by atoms with Gasteiger partial charge < -0.3 is 16.0 Å². The van der Waals surface area contributed by atoms with Crippen LogP contribution in [0.3, 0.4) is 0 Å². The number of nitrogens with two attached hydrogens (primary N) is 1. The molecule has 7 nitrogen and oxygen atoms in total. The van der Waals surface area contributed by atoms with E-state index >= 15 is 0 Å². The van der Waals surface area contributed by atoms with E-state index in [-0.39, 0.29) is 29.3 Å². The van der Waals surface area contributed by atoms with Gasteiger partial charge >= 0.3 is 0 Å². The summed E-state index contributed by atoms with van der Waals surface area (Å²) in [5.74, 6) is 0.0454. The molecule has 2 amide bonds. The smallest absolute Gasteiger partial charge is 0.259 e. The van der Waals surface area contributed by atoms with Crippen LogP contribution >= 0.6 is 0 Å². The third kappa shape index (κ3) is 3.25. The Kier molecular flexibility index (Phi) is 4.61. The first-order valence-corrected chi connectivity index (χ1v) is 9.85. The monoisotopic (exact) mass is 381 g/mol. The van der Waals surface area contributed by atoms with Crippen molar-refractivity contribution < 1.29 is 9.59 Å². The predicted molar refractivity (Wildman–Crippen MR) is 107 cm³/mol. The summed E-state index contributed by atoms with van der Waals surface area (Å²) in [5.41, 5.74) is 6.99. The Hall–Kier alpha value is -2.83. The number of likely N-dealkylation sites (tertiary alicyclic amines) is 1. The molecule has 2 aliphatic heterocycles. The van der Waals surface area contributed by atoms with E-state index in [9.17, 15) is 9.59 Å². The van der Waals surface area contributed by atoms with E-state index in [1.165, 1.54) is 5.56 Å². The fourth-order valence-corrected chi connectivity index (χ4v) is 4.36. The van der Waals surface area contributed by atoms with E-state index in [4.69, 9.17) is 5.73 Å². The number of hydrogen-bond acceptors (Lipinski definition) is 4. The molecule has 4 rings (SSSR count). The number of aromatic nitrogens is 2. The number of amides is 2. The minimum Gasteiger partial charge on any atom is -0.369 e. The lowest BCUT2D eigenvalue weighted by atomic mass is 9.89. The Bertz CT molecular complexity index is 889. The highest BCUT2D eigenvalue weighted by Crippen LogP contribution is 2.40. The van der Waals surface area contributed by atoms with Gasteiger partial charge in [-0.2, -0.15) is 5.10 Å². The third-order valence-electron chi connectivity index (χ3n) is 5.90. The van der Waals surface area contributed by atoms with Crippen molar-refractivity contribution >= 4 is 17.6 Å². The van der Waals surface area contributed by atoms with Crippen molar-refractivity contribution in [3.8, 4) is 0 Å². The van der Waals surface area contributed by atoms with Crippen molar-refractivity contribution in [2.45, 2.75) is 44.7 Å². The molecule has 1 fully saturated rings. The molecule has 0 bridgehead atoms. The zero-order valence-corrected chi connectivity index (χ0v) is 16.4. The van der Waals surface area contributed by atoms with Crippen LogP contribution in [0.5, 0.6) is 0 Å². The summed E-state index contributed by atoms with van der Waals surface area (Å²) in [6.45, 7) is 5.29. The number of nitrogens with zero attached hydrogens (tertiary/aromatic N) is 3. The van der Waals surface area contributed by atoms with E-state index in [1.807, 2.05) is 22.9 Å². The second-order valence-electron chi connectivity index (χ2n) is 8.44. The number of piperidine rings is 1. The van der Waals surface area contributed by atoms with Crippen LogP contribution < -0.4 is 11.1 Å². The maximum Gasteiger partial charge on any atom is 0.259 e. The molecule has 3 heterocycles. The van der Waals surface area contributed by atoms with Gasteiger partial charge in [-0.1, -0.05) is 30.3 Å². The number of hydrogen-bond donors (Lipinski definition) is 2. The van der Waals surface area contributed by atoms with Gasteiger partial charge in [-0.25, -0.2) is 4.68 Å². The zero-order chi connectivity index (χ0) is 19.9. The molecule has 3 N–H and O–H groups in total. The van der Waals surface area contributed by atoms with Crippen molar-refractivity contribution in [3.63, 3.8) is 0 Å². The number of carbonyl (C=O) groups excluding carboxylic acids is 2. The maximum atomic E-state index is 13.2. The Morgan fingerprint density at radius 3 is 2.71 bits per heavy atom. The van der Waals surface area contributed by atoms with Crippen LogP contribution in [0.15, 0.2) is 36.5 Å². The summed E-state index contributed by atoms with van der Waals surface area (Å²) in [4.78, 5) is 26.6. The molecule has 2 unspecified atom stereocenters. The van der Waals surface area contributed by atoms with Crippen LogP contribution in [0, 0.1) is 5.92 Å². The number of benzene rings is 1. The van der Waals surface area contributed by atoms with Gasteiger partial charge in [-0.05, 0) is 38.7 Å². The van der Waals surface area contributed by atoms with Gasteiger partial charge in [-0.3, -0.25) is 9.59 Å². The molecule has 0 spiro atoms. The van der Waals surface area contributed by atoms with Crippen LogP contribution in [-0.2, 0) is 10.3 Å². The molecule has 7 heteroatoms. The SMILES string of the molecule is CC1(C)CC(c2ccccc2)Nc2c(C(=O)N3CCCC(C(N)=O)C3)cnn21. The van der Waals surface area contributed by atoms with Gasteiger partial charge in [0, 0.05) is 13.1 Å². The van der Waals surface area contributed by atoms with E-state index in [0.717, 1.165) is 25.1 Å². The largest absolute Gasteiger partial charge is 0.369 e. The number of fused-ring (bicyclic) bond motifs is 1. The van der Waals surface area contributed by atoms with Gasteiger partial charge in [0.15, 0.2) is 0 Å². The molecule has 2 atom stereocenters. The van der Waals surface area contributed by atoms with Crippen LogP contribution in [0.25, 0.3) is 0 Å². The standard InChI is InChI=1S/C21H27N5O2/c1-21(2)11-17(14-7-4-3-5-8-14)24-19-16(12-23-26(19)21)20(28)25-10-6-9-15(13-25)18(22)27/h3-5,7-8,12,15,17,24H,6,9-11,13H2,1-2H3,(H2,22,27). The van der Waals surface area contributed by atoms with E-state index in [1.54, 1.807) is 11.1 Å². The molecule has 0 aliphatic carbocycles. The van der Waals surface area contributed by atoms with Gasteiger partial charge in [-0.15, -0.1) is 0 Å². The average Bonchev–Trinajstić information content (AvgIpc) is 3.13. The molecule has 2 aromatic rings. The predicted octanol–water partition coefficient (Wildman–Crippen LogP) is 2.51. The molecule has 2 aliphatic rings. The summed E-state index contributed by atoms with van der Waals surface area (Å²) in [6, 6.07) is 10.4. The van der Waals surface area contributed by atoms with Gasteiger partial charge in [0.1, 0.15) is 11.4 Å². The second kappa shape index (κ2) is 6.96. The Balaban J connectivity index is 1.64. The summed E-state index contributed by atoms with van der Waals surface area (Å²) in [5, 5.41) is 8.06.